The number of rotatable bonds is 1. The van der Waals surface area contributed by atoms with Gasteiger partial charge < -0.3 is 14.7 Å². The highest BCUT2D eigenvalue weighted by Crippen LogP contribution is 2.29. The smallest absolute Gasteiger partial charge is 0.229 e. The van der Waals surface area contributed by atoms with Crippen molar-refractivity contribution in [3.8, 4) is 5.75 Å². The quantitative estimate of drug-likeness (QED) is 0.823. The standard InChI is InChI=1S/C14H16FNO3/c15-11-1-2-13-9(6-11)5-10(8-19-13)14(18)16-4-3-12(17)7-16/h1-2,6,10,12,17H,3-5,7-8H2/t10?,12-/m1/s1. The van der Waals surface area contributed by atoms with Crippen LogP contribution >= 0.6 is 0 Å². The molecule has 4 nitrogen and oxygen atoms in total. The van der Waals surface area contributed by atoms with Gasteiger partial charge in [-0.25, -0.2) is 4.39 Å². The van der Waals surface area contributed by atoms with Gasteiger partial charge in [-0.3, -0.25) is 4.79 Å². The van der Waals surface area contributed by atoms with E-state index in [0.717, 1.165) is 5.56 Å². The van der Waals surface area contributed by atoms with Crippen LogP contribution in [-0.4, -0.2) is 41.7 Å². The number of carbonyl (C=O) groups is 1. The maximum Gasteiger partial charge on any atom is 0.229 e. The van der Waals surface area contributed by atoms with Crippen LogP contribution < -0.4 is 4.74 Å². The van der Waals surface area contributed by atoms with Gasteiger partial charge in [0.2, 0.25) is 5.91 Å². The predicted octanol–water partition coefficient (Wildman–Crippen LogP) is 0.970. The Morgan fingerprint density at radius 1 is 1.47 bits per heavy atom. The highest BCUT2D eigenvalue weighted by molar-refractivity contribution is 5.80. The fraction of sp³-hybridized carbons (Fsp3) is 0.500. The zero-order chi connectivity index (χ0) is 13.4. The van der Waals surface area contributed by atoms with Crippen molar-refractivity contribution < 1.29 is 19.0 Å². The number of carbonyl (C=O) groups excluding carboxylic acids is 1. The average Bonchev–Trinajstić information content (AvgIpc) is 2.83. The van der Waals surface area contributed by atoms with E-state index in [0.29, 0.717) is 38.3 Å². The Morgan fingerprint density at radius 2 is 2.32 bits per heavy atom. The molecule has 3 rings (SSSR count). The SMILES string of the molecule is O=C(C1COc2ccc(F)cc2C1)N1CC[C@@H](O)C1. The van der Waals surface area contributed by atoms with Gasteiger partial charge in [-0.05, 0) is 36.6 Å². The molecule has 19 heavy (non-hydrogen) atoms. The lowest BCUT2D eigenvalue weighted by Gasteiger charge is -2.28. The largest absolute Gasteiger partial charge is 0.492 e. The molecule has 2 aliphatic heterocycles. The molecule has 2 heterocycles. The Morgan fingerprint density at radius 3 is 3.05 bits per heavy atom. The number of halogens is 1. The van der Waals surface area contributed by atoms with Gasteiger partial charge in [-0.15, -0.1) is 0 Å². The number of fused-ring (bicyclic) bond motifs is 1. The minimum absolute atomic E-state index is 0.00791. The number of aliphatic hydroxyl groups is 1. The first-order valence-corrected chi connectivity index (χ1v) is 6.51. The molecule has 0 aliphatic carbocycles. The first-order chi connectivity index (χ1) is 9.13. The number of likely N-dealkylation sites (tertiary alicyclic amines) is 1. The molecule has 0 spiro atoms. The molecular weight excluding hydrogens is 249 g/mol. The number of ether oxygens (including phenoxy) is 1. The van der Waals surface area contributed by atoms with Crippen molar-refractivity contribution in [3.63, 3.8) is 0 Å². The highest BCUT2D eigenvalue weighted by Gasteiger charge is 2.33. The van der Waals surface area contributed by atoms with Crippen LogP contribution in [-0.2, 0) is 11.2 Å². The van der Waals surface area contributed by atoms with Gasteiger partial charge in [0.25, 0.3) is 0 Å². The zero-order valence-corrected chi connectivity index (χ0v) is 10.5. The van der Waals surface area contributed by atoms with Crippen molar-refractivity contribution in [2.75, 3.05) is 19.7 Å². The average molecular weight is 265 g/mol. The van der Waals surface area contributed by atoms with E-state index in [4.69, 9.17) is 4.74 Å². The minimum Gasteiger partial charge on any atom is -0.492 e. The summed E-state index contributed by atoms with van der Waals surface area (Å²) in [4.78, 5) is 14.0. The molecule has 2 atom stereocenters. The van der Waals surface area contributed by atoms with Gasteiger partial charge in [0, 0.05) is 13.1 Å². The number of hydrogen-bond acceptors (Lipinski definition) is 3. The molecule has 0 saturated carbocycles. The summed E-state index contributed by atoms with van der Waals surface area (Å²) in [6, 6.07) is 4.39. The van der Waals surface area contributed by atoms with Gasteiger partial charge >= 0.3 is 0 Å². The fourth-order valence-electron chi connectivity index (χ4n) is 2.72. The molecular formula is C14H16FNO3. The van der Waals surface area contributed by atoms with Crippen molar-refractivity contribution in [1.82, 2.24) is 4.90 Å². The Hall–Kier alpha value is -1.62. The summed E-state index contributed by atoms with van der Waals surface area (Å²) in [5.74, 6) is 0.0602. The number of nitrogens with zero attached hydrogens (tertiary/aromatic N) is 1. The lowest BCUT2D eigenvalue weighted by Crippen LogP contribution is -2.40. The van der Waals surface area contributed by atoms with Crippen LogP contribution in [0.15, 0.2) is 18.2 Å². The van der Waals surface area contributed by atoms with Crippen LogP contribution in [0.1, 0.15) is 12.0 Å². The summed E-state index contributed by atoms with van der Waals surface area (Å²) >= 11 is 0. The third-order valence-corrected chi connectivity index (χ3v) is 3.75. The van der Waals surface area contributed by atoms with E-state index < -0.39 is 6.10 Å². The molecule has 1 unspecified atom stereocenters. The normalized spacial score (nSPS) is 25.9. The molecule has 0 radical (unpaired) electrons. The molecule has 102 valence electrons. The minimum atomic E-state index is -0.418. The second-order valence-electron chi connectivity index (χ2n) is 5.19. The Balaban J connectivity index is 1.73. The fourth-order valence-corrected chi connectivity index (χ4v) is 2.72. The van der Waals surface area contributed by atoms with E-state index >= 15 is 0 Å². The van der Waals surface area contributed by atoms with Crippen LogP contribution in [0.2, 0.25) is 0 Å². The van der Waals surface area contributed by atoms with Crippen LogP contribution in [0.5, 0.6) is 5.75 Å². The summed E-state index contributed by atoms with van der Waals surface area (Å²) in [7, 11) is 0. The topological polar surface area (TPSA) is 49.8 Å². The Kier molecular flexibility index (Phi) is 3.14. The summed E-state index contributed by atoms with van der Waals surface area (Å²) in [5, 5.41) is 9.47. The van der Waals surface area contributed by atoms with Gasteiger partial charge in [-0.1, -0.05) is 0 Å². The van der Waals surface area contributed by atoms with E-state index in [1.807, 2.05) is 0 Å². The molecule has 1 fully saturated rings. The van der Waals surface area contributed by atoms with E-state index in [-0.39, 0.29) is 17.6 Å². The molecule has 2 aliphatic rings. The van der Waals surface area contributed by atoms with Crippen molar-refractivity contribution in [1.29, 1.82) is 0 Å². The van der Waals surface area contributed by atoms with Crippen LogP contribution in [0.3, 0.4) is 0 Å². The van der Waals surface area contributed by atoms with E-state index in [1.165, 1.54) is 12.1 Å². The summed E-state index contributed by atoms with van der Waals surface area (Å²) in [6.45, 7) is 1.31. The number of hydrogen-bond donors (Lipinski definition) is 1. The number of aliphatic hydroxyl groups excluding tert-OH is 1. The van der Waals surface area contributed by atoms with Crippen molar-refractivity contribution in [3.05, 3.63) is 29.6 Å². The second kappa shape index (κ2) is 4.81. The molecule has 0 bridgehead atoms. The second-order valence-corrected chi connectivity index (χ2v) is 5.19. The van der Waals surface area contributed by atoms with Crippen molar-refractivity contribution in [2.24, 2.45) is 5.92 Å². The first kappa shape index (κ1) is 12.4. The molecule has 1 saturated heterocycles. The van der Waals surface area contributed by atoms with Crippen LogP contribution in [0.4, 0.5) is 4.39 Å². The summed E-state index contributed by atoms with van der Waals surface area (Å²) in [5.41, 5.74) is 0.740. The monoisotopic (exact) mass is 265 g/mol. The Bertz CT molecular complexity index is 505. The van der Waals surface area contributed by atoms with Gasteiger partial charge in [0.15, 0.2) is 0 Å². The maximum atomic E-state index is 13.2. The van der Waals surface area contributed by atoms with Gasteiger partial charge in [-0.2, -0.15) is 0 Å². The highest BCUT2D eigenvalue weighted by atomic mass is 19.1. The van der Waals surface area contributed by atoms with Gasteiger partial charge in [0.1, 0.15) is 18.2 Å². The third-order valence-electron chi connectivity index (χ3n) is 3.75. The van der Waals surface area contributed by atoms with E-state index in [2.05, 4.69) is 0 Å². The first-order valence-electron chi connectivity index (χ1n) is 6.51. The van der Waals surface area contributed by atoms with E-state index in [9.17, 15) is 14.3 Å². The lowest BCUT2D eigenvalue weighted by atomic mass is 9.95. The third kappa shape index (κ3) is 2.42. The van der Waals surface area contributed by atoms with Crippen LogP contribution in [0.25, 0.3) is 0 Å². The zero-order valence-electron chi connectivity index (χ0n) is 10.5. The van der Waals surface area contributed by atoms with Gasteiger partial charge in [0.05, 0.1) is 12.0 Å². The molecule has 1 aromatic rings. The Labute approximate surface area is 110 Å². The number of β-amino-alcohol motifs (C(OH)–C–C–N with tert-alkyl or cyclic N) is 1. The molecule has 1 amide bonds. The molecule has 5 heteroatoms. The lowest BCUT2D eigenvalue weighted by molar-refractivity contribution is -0.136. The molecule has 0 aromatic heterocycles. The molecule has 1 aromatic carbocycles. The number of benzene rings is 1. The maximum absolute atomic E-state index is 13.2. The van der Waals surface area contributed by atoms with Crippen molar-refractivity contribution >= 4 is 5.91 Å². The number of amides is 1. The molecule has 1 N–H and O–H groups in total. The summed E-state index contributed by atoms with van der Waals surface area (Å²) in [6.07, 6.45) is 0.710. The van der Waals surface area contributed by atoms with Crippen LogP contribution in [0, 0.1) is 11.7 Å². The predicted molar refractivity (Wildman–Crippen MR) is 66.3 cm³/mol. The summed E-state index contributed by atoms with van der Waals surface area (Å²) < 4.78 is 18.7. The van der Waals surface area contributed by atoms with E-state index in [1.54, 1.807) is 11.0 Å². The van der Waals surface area contributed by atoms with Crippen molar-refractivity contribution in [2.45, 2.75) is 18.9 Å².